The maximum absolute atomic E-state index is 12.3. The van der Waals surface area contributed by atoms with Gasteiger partial charge >= 0.3 is 0 Å². The number of amides is 1. The SMILES string of the molecule is COCC(=O)NC1CN(S(=O)(=O)c2cc(Cl)sc2Cl)C1. The first-order valence-corrected chi connectivity index (χ1v) is 8.59. The third-order valence-electron chi connectivity index (χ3n) is 2.73. The van der Waals surface area contributed by atoms with Crippen molar-refractivity contribution in [2.24, 2.45) is 0 Å². The minimum Gasteiger partial charge on any atom is -0.375 e. The Bertz CT molecular complexity index is 611. The van der Waals surface area contributed by atoms with Crippen LogP contribution >= 0.6 is 34.5 Å². The van der Waals surface area contributed by atoms with Crippen molar-refractivity contribution in [3.05, 3.63) is 14.7 Å². The largest absolute Gasteiger partial charge is 0.375 e. The molecule has 0 saturated carbocycles. The van der Waals surface area contributed by atoms with Crippen LogP contribution in [0.3, 0.4) is 0 Å². The first-order chi connectivity index (χ1) is 9.34. The Morgan fingerprint density at radius 3 is 2.70 bits per heavy atom. The first kappa shape index (κ1) is 16.0. The molecule has 1 N–H and O–H groups in total. The van der Waals surface area contributed by atoms with Gasteiger partial charge in [0.05, 0.1) is 10.4 Å². The van der Waals surface area contributed by atoms with Crippen LogP contribution in [-0.2, 0) is 19.6 Å². The lowest BCUT2D eigenvalue weighted by molar-refractivity contribution is -0.126. The van der Waals surface area contributed by atoms with E-state index in [0.29, 0.717) is 4.34 Å². The van der Waals surface area contributed by atoms with Crippen LogP contribution in [0.15, 0.2) is 11.0 Å². The van der Waals surface area contributed by atoms with Crippen molar-refractivity contribution in [2.45, 2.75) is 10.9 Å². The Morgan fingerprint density at radius 2 is 2.20 bits per heavy atom. The Hall–Kier alpha value is -0.380. The molecule has 0 atom stereocenters. The molecular weight excluding hydrogens is 347 g/mol. The van der Waals surface area contributed by atoms with E-state index in [9.17, 15) is 13.2 Å². The highest BCUT2D eigenvalue weighted by Crippen LogP contribution is 2.36. The minimum absolute atomic E-state index is 0.0100. The highest BCUT2D eigenvalue weighted by Gasteiger charge is 2.39. The molecule has 0 bridgehead atoms. The zero-order valence-corrected chi connectivity index (χ0v) is 13.6. The number of hydrogen-bond acceptors (Lipinski definition) is 5. The highest BCUT2D eigenvalue weighted by molar-refractivity contribution is 7.89. The molecule has 1 fully saturated rings. The molecule has 6 nitrogen and oxygen atoms in total. The number of nitrogens with zero attached hydrogens (tertiary/aromatic N) is 1. The summed E-state index contributed by atoms with van der Waals surface area (Å²) < 4.78 is 30.9. The molecule has 0 unspecified atom stereocenters. The topological polar surface area (TPSA) is 75.7 Å². The van der Waals surface area contributed by atoms with E-state index in [2.05, 4.69) is 10.1 Å². The minimum atomic E-state index is -3.65. The number of halogens is 2. The van der Waals surface area contributed by atoms with Gasteiger partial charge in [-0.25, -0.2) is 8.42 Å². The van der Waals surface area contributed by atoms with Crippen LogP contribution in [0.25, 0.3) is 0 Å². The van der Waals surface area contributed by atoms with Crippen molar-refractivity contribution < 1.29 is 17.9 Å². The molecular formula is C10H12Cl2N2O4S2. The maximum atomic E-state index is 12.3. The summed E-state index contributed by atoms with van der Waals surface area (Å²) in [5, 5.41) is 2.66. The van der Waals surface area contributed by atoms with Gasteiger partial charge in [0, 0.05) is 20.2 Å². The summed E-state index contributed by atoms with van der Waals surface area (Å²) in [7, 11) is -2.23. The molecule has 1 aliphatic heterocycles. The fraction of sp³-hybridized carbons (Fsp3) is 0.500. The molecule has 1 aromatic heterocycles. The fourth-order valence-electron chi connectivity index (χ4n) is 1.77. The second-order valence-corrected chi connectivity index (χ2v) is 8.40. The zero-order valence-electron chi connectivity index (χ0n) is 10.4. The number of carbonyl (C=O) groups is 1. The predicted octanol–water partition coefficient (Wildman–Crippen LogP) is 1.19. The van der Waals surface area contributed by atoms with Gasteiger partial charge in [-0.3, -0.25) is 4.79 Å². The molecule has 0 aromatic carbocycles. The van der Waals surface area contributed by atoms with Gasteiger partial charge < -0.3 is 10.1 Å². The first-order valence-electron chi connectivity index (χ1n) is 5.58. The molecule has 1 saturated heterocycles. The van der Waals surface area contributed by atoms with E-state index in [1.165, 1.54) is 17.5 Å². The third-order valence-corrected chi connectivity index (χ3v) is 6.32. The van der Waals surface area contributed by atoms with Crippen molar-refractivity contribution in [3.63, 3.8) is 0 Å². The van der Waals surface area contributed by atoms with Crippen molar-refractivity contribution in [2.75, 3.05) is 26.8 Å². The molecule has 0 spiro atoms. The van der Waals surface area contributed by atoms with Crippen LogP contribution in [-0.4, -0.2) is 51.5 Å². The summed E-state index contributed by atoms with van der Waals surface area (Å²) in [5.41, 5.74) is 0. The Kier molecular flexibility index (Phi) is 4.93. The van der Waals surface area contributed by atoms with E-state index in [1.54, 1.807) is 0 Å². The van der Waals surface area contributed by atoms with Crippen LogP contribution < -0.4 is 5.32 Å². The standard InChI is InChI=1S/C10H12Cl2N2O4S2/c1-18-5-9(15)13-6-3-14(4-6)20(16,17)7-2-8(11)19-10(7)12/h2,6H,3-5H2,1H3,(H,13,15). The number of nitrogens with one attached hydrogen (secondary N) is 1. The van der Waals surface area contributed by atoms with Gasteiger partial charge in [0.1, 0.15) is 15.8 Å². The number of rotatable bonds is 5. The van der Waals surface area contributed by atoms with Crippen LogP contribution in [0.5, 0.6) is 0 Å². The molecule has 1 aromatic rings. The van der Waals surface area contributed by atoms with Crippen LogP contribution in [0.1, 0.15) is 0 Å². The van der Waals surface area contributed by atoms with E-state index in [1.807, 2.05) is 0 Å². The fourth-order valence-corrected chi connectivity index (χ4v) is 5.41. The van der Waals surface area contributed by atoms with Gasteiger partial charge in [0.2, 0.25) is 15.9 Å². The molecule has 0 radical (unpaired) electrons. The molecule has 1 aliphatic rings. The van der Waals surface area contributed by atoms with Gasteiger partial charge in [-0.05, 0) is 6.07 Å². The van der Waals surface area contributed by atoms with Gasteiger partial charge in [-0.15, -0.1) is 11.3 Å². The van der Waals surface area contributed by atoms with E-state index < -0.39 is 10.0 Å². The number of carbonyl (C=O) groups excluding carboxylic acids is 1. The number of methoxy groups -OCH3 is 1. The molecule has 1 amide bonds. The van der Waals surface area contributed by atoms with Crippen molar-refractivity contribution >= 4 is 50.5 Å². The smallest absolute Gasteiger partial charge is 0.246 e. The average molecular weight is 359 g/mol. The summed E-state index contributed by atoms with van der Waals surface area (Å²) in [6.07, 6.45) is 0. The van der Waals surface area contributed by atoms with Gasteiger partial charge in [-0.1, -0.05) is 23.2 Å². The van der Waals surface area contributed by atoms with Gasteiger partial charge in [0.25, 0.3) is 0 Å². The molecule has 2 heterocycles. The van der Waals surface area contributed by atoms with Gasteiger partial charge in [0.15, 0.2) is 0 Å². The van der Waals surface area contributed by atoms with E-state index in [-0.39, 0.29) is 40.9 Å². The Morgan fingerprint density at radius 1 is 1.55 bits per heavy atom. The summed E-state index contributed by atoms with van der Waals surface area (Å²) in [6, 6.07) is 1.13. The monoisotopic (exact) mass is 358 g/mol. The van der Waals surface area contributed by atoms with Crippen LogP contribution in [0, 0.1) is 0 Å². The Balaban J connectivity index is 1.98. The lowest BCUT2D eigenvalue weighted by atomic mass is 10.2. The second-order valence-electron chi connectivity index (χ2n) is 4.21. The molecule has 20 heavy (non-hydrogen) atoms. The molecule has 2 rings (SSSR count). The maximum Gasteiger partial charge on any atom is 0.246 e. The van der Waals surface area contributed by atoms with Gasteiger partial charge in [-0.2, -0.15) is 4.31 Å². The number of hydrogen-bond donors (Lipinski definition) is 1. The van der Waals surface area contributed by atoms with Crippen LogP contribution in [0.4, 0.5) is 0 Å². The summed E-state index contributed by atoms with van der Waals surface area (Å²) in [4.78, 5) is 11.3. The zero-order chi connectivity index (χ0) is 14.9. The normalized spacial score (nSPS) is 16.9. The average Bonchev–Trinajstić information content (AvgIpc) is 2.63. The predicted molar refractivity (Wildman–Crippen MR) is 76.9 cm³/mol. The van der Waals surface area contributed by atoms with E-state index in [0.717, 1.165) is 11.3 Å². The summed E-state index contributed by atoms with van der Waals surface area (Å²) in [6.45, 7) is 0.373. The number of thiophene rings is 1. The quantitative estimate of drug-likeness (QED) is 0.857. The summed E-state index contributed by atoms with van der Waals surface area (Å²) in [5.74, 6) is -0.272. The van der Waals surface area contributed by atoms with E-state index in [4.69, 9.17) is 23.2 Å². The molecule has 10 heteroatoms. The third kappa shape index (κ3) is 3.26. The van der Waals surface area contributed by atoms with Crippen LogP contribution in [0.2, 0.25) is 8.67 Å². The van der Waals surface area contributed by atoms with Crippen molar-refractivity contribution in [3.8, 4) is 0 Å². The number of sulfonamides is 1. The summed E-state index contributed by atoms with van der Waals surface area (Å²) >= 11 is 12.6. The number of ether oxygens (including phenoxy) is 1. The van der Waals surface area contributed by atoms with E-state index >= 15 is 0 Å². The van der Waals surface area contributed by atoms with Crippen molar-refractivity contribution in [1.29, 1.82) is 0 Å². The second kappa shape index (κ2) is 6.17. The molecule has 0 aliphatic carbocycles. The highest BCUT2D eigenvalue weighted by atomic mass is 35.5. The Labute approximate surface area is 130 Å². The van der Waals surface area contributed by atoms with Crippen molar-refractivity contribution in [1.82, 2.24) is 9.62 Å². The molecule has 112 valence electrons. The lowest BCUT2D eigenvalue weighted by Gasteiger charge is -2.38. The lowest BCUT2D eigenvalue weighted by Crippen LogP contribution is -2.61.